The maximum atomic E-state index is 12.4. The van der Waals surface area contributed by atoms with E-state index in [0.717, 1.165) is 27.4 Å². The van der Waals surface area contributed by atoms with Gasteiger partial charge >= 0.3 is 0 Å². The summed E-state index contributed by atoms with van der Waals surface area (Å²) < 4.78 is 1.76. The van der Waals surface area contributed by atoms with E-state index < -0.39 is 0 Å². The van der Waals surface area contributed by atoms with E-state index in [1.165, 1.54) is 11.3 Å². The van der Waals surface area contributed by atoms with Gasteiger partial charge in [0.05, 0.1) is 5.39 Å². The fourth-order valence-electron chi connectivity index (χ4n) is 2.57. The second-order valence-electron chi connectivity index (χ2n) is 5.65. The number of anilines is 2. The highest BCUT2D eigenvalue weighted by Gasteiger charge is 2.11. The van der Waals surface area contributed by atoms with Crippen molar-refractivity contribution < 1.29 is 4.79 Å². The van der Waals surface area contributed by atoms with Crippen LogP contribution in [0, 0.1) is 0 Å². The minimum absolute atomic E-state index is 0.222. The number of nitrogens with zero attached hydrogens (tertiary/aromatic N) is 2. The summed E-state index contributed by atoms with van der Waals surface area (Å²) in [5.41, 5.74) is 0.848. The predicted octanol–water partition coefficient (Wildman–Crippen LogP) is 4.52. The van der Waals surface area contributed by atoms with Gasteiger partial charge in [-0.05, 0) is 56.3 Å². The number of benzene rings is 2. The van der Waals surface area contributed by atoms with Crippen molar-refractivity contribution in [3.8, 4) is 0 Å². The zero-order chi connectivity index (χ0) is 18.7. The summed E-state index contributed by atoms with van der Waals surface area (Å²) in [6.07, 6.45) is 0. The summed E-state index contributed by atoms with van der Waals surface area (Å²) >= 11 is 4.83. The van der Waals surface area contributed by atoms with Crippen molar-refractivity contribution in [2.75, 3.05) is 23.3 Å². The molecule has 0 aliphatic carbocycles. The summed E-state index contributed by atoms with van der Waals surface area (Å²) in [6.45, 7) is 5.67. The first kappa shape index (κ1) is 18.5. The van der Waals surface area contributed by atoms with Gasteiger partial charge in [0.15, 0.2) is 5.13 Å². The van der Waals surface area contributed by atoms with Gasteiger partial charge in [0.2, 0.25) is 0 Å². The summed E-state index contributed by atoms with van der Waals surface area (Å²) in [5.74, 6) is -0.222. The number of amides is 1. The van der Waals surface area contributed by atoms with Gasteiger partial charge < -0.3 is 10.2 Å². The lowest BCUT2D eigenvalue weighted by Crippen LogP contribution is -2.24. The third-order valence-electron chi connectivity index (χ3n) is 4.01. The van der Waals surface area contributed by atoms with E-state index in [1.54, 1.807) is 24.3 Å². The molecule has 0 saturated carbocycles. The number of carbonyl (C=O) groups is 1. The van der Waals surface area contributed by atoms with Gasteiger partial charge in [0.25, 0.3) is 11.5 Å². The molecule has 3 rings (SSSR count). The molecule has 2 aromatic carbocycles. The number of halogens is 1. The Morgan fingerprint density at radius 1 is 1.15 bits per heavy atom. The maximum Gasteiger partial charge on any atom is 0.281 e. The lowest BCUT2D eigenvalue weighted by Gasteiger charge is -2.18. The van der Waals surface area contributed by atoms with E-state index in [4.69, 9.17) is 0 Å². The Balaban J connectivity index is 1.90. The maximum absolute atomic E-state index is 12.4. The van der Waals surface area contributed by atoms with Gasteiger partial charge in [-0.2, -0.15) is 4.98 Å². The SMILES string of the molecule is CCN(CC)c1nc(=O)c2cc(NC(=O)c3ccc(Br)cc3)ccc2s1. The first-order valence-corrected chi connectivity index (χ1v) is 9.89. The average Bonchev–Trinajstić information content (AvgIpc) is 2.64. The highest BCUT2D eigenvalue weighted by atomic mass is 79.9. The molecule has 0 saturated heterocycles. The normalized spacial score (nSPS) is 10.7. The molecule has 0 fully saturated rings. The third kappa shape index (κ3) is 3.94. The van der Waals surface area contributed by atoms with Crippen LogP contribution in [-0.2, 0) is 0 Å². The first-order valence-electron chi connectivity index (χ1n) is 8.28. The second-order valence-corrected chi connectivity index (χ2v) is 7.57. The lowest BCUT2D eigenvalue weighted by molar-refractivity contribution is 0.102. The topological polar surface area (TPSA) is 62.3 Å². The Bertz CT molecular complexity index is 998. The predicted molar refractivity (Wildman–Crippen MR) is 112 cm³/mol. The van der Waals surface area contributed by atoms with E-state index in [9.17, 15) is 9.59 Å². The van der Waals surface area contributed by atoms with Crippen LogP contribution in [-0.4, -0.2) is 24.0 Å². The van der Waals surface area contributed by atoms with Gasteiger partial charge in [-0.15, -0.1) is 0 Å². The molecular formula is C19H18BrN3O2S. The van der Waals surface area contributed by atoms with Crippen molar-refractivity contribution in [1.82, 2.24) is 4.98 Å². The second kappa shape index (κ2) is 7.97. The van der Waals surface area contributed by atoms with Crippen LogP contribution in [0.1, 0.15) is 24.2 Å². The molecular weight excluding hydrogens is 414 g/mol. The van der Waals surface area contributed by atoms with Crippen LogP contribution < -0.4 is 15.8 Å². The number of fused-ring (bicyclic) bond motifs is 1. The molecule has 134 valence electrons. The van der Waals surface area contributed by atoms with Crippen molar-refractivity contribution in [2.45, 2.75) is 13.8 Å². The minimum Gasteiger partial charge on any atom is -0.349 e. The van der Waals surface area contributed by atoms with E-state index in [1.807, 2.05) is 32.0 Å². The van der Waals surface area contributed by atoms with Crippen molar-refractivity contribution in [3.63, 3.8) is 0 Å². The molecule has 5 nitrogen and oxygen atoms in total. The van der Waals surface area contributed by atoms with E-state index >= 15 is 0 Å². The zero-order valence-electron chi connectivity index (χ0n) is 14.5. The fourth-order valence-corrected chi connectivity index (χ4v) is 3.94. The van der Waals surface area contributed by atoms with Crippen LogP contribution in [0.2, 0.25) is 0 Å². The molecule has 1 N–H and O–H groups in total. The Morgan fingerprint density at radius 2 is 1.85 bits per heavy atom. The number of hydrogen-bond acceptors (Lipinski definition) is 5. The molecule has 26 heavy (non-hydrogen) atoms. The van der Waals surface area contributed by atoms with Crippen molar-refractivity contribution in [2.24, 2.45) is 0 Å². The van der Waals surface area contributed by atoms with Gasteiger partial charge in [0, 0.05) is 33.5 Å². The Labute approximate surface area is 163 Å². The van der Waals surface area contributed by atoms with Crippen molar-refractivity contribution >= 4 is 54.1 Å². The molecule has 7 heteroatoms. The van der Waals surface area contributed by atoms with Crippen LogP contribution in [0.25, 0.3) is 10.1 Å². The van der Waals surface area contributed by atoms with E-state index in [0.29, 0.717) is 16.6 Å². The van der Waals surface area contributed by atoms with Gasteiger partial charge in [-0.1, -0.05) is 27.3 Å². The van der Waals surface area contributed by atoms with Gasteiger partial charge in [0.1, 0.15) is 0 Å². The van der Waals surface area contributed by atoms with Gasteiger partial charge in [-0.25, -0.2) is 0 Å². The summed E-state index contributed by atoms with van der Waals surface area (Å²) in [4.78, 5) is 31.0. The highest BCUT2D eigenvalue weighted by Crippen LogP contribution is 2.26. The minimum atomic E-state index is -0.277. The smallest absolute Gasteiger partial charge is 0.281 e. The molecule has 0 radical (unpaired) electrons. The van der Waals surface area contributed by atoms with Crippen LogP contribution in [0.3, 0.4) is 0 Å². The molecule has 1 heterocycles. The lowest BCUT2D eigenvalue weighted by atomic mass is 10.2. The quantitative estimate of drug-likeness (QED) is 0.644. The van der Waals surface area contributed by atoms with Crippen LogP contribution >= 0.6 is 27.3 Å². The number of carbonyl (C=O) groups excluding carboxylic acids is 1. The number of nitrogens with one attached hydrogen (secondary N) is 1. The average molecular weight is 432 g/mol. The molecule has 0 bridgehead atoms. The molecule has 0 aliphatic heterocycles. The summed E-state index contributed by atoms with van der Waals surface area (Å²) in [7, 11) is 0. The highest BCUT2D eigenvalue weighted by molar-refractivity contribution is 9.10. The zero-order valence-corrected chi connectivity index (χ0v) is 16.9. The number of rotatable bonds is 5. The van der Waals surface area contributed by atoms with E-state index in [2.05, 4.69) is 31.1 Å². The summed E-state index contributed by atoms with van der Waals surface area (Å²) in [6, 6.07) is 12.4. The molecule has 0 atom stereocenters. The van der Waals surface area contributed by atoms with E-state index in [-0.39, 0.29) is 11.5 Å². The molecule has 0 spiro atoms. The fraction of sp³-hybridized carbons (Fsp3) is 0.211. The molecule has 0 aliphatic rings. The standard InChI is InChI=1S/C19H18BrN3O2S/c1-3-23(4-2)19-22-18(25)15-11-14(9-10-16(15)26-19)21-17(24)12-5-7-13(20)8-6-12/h5-11H,3-4H2,1-2H3,(H,21,24). The number of aromatic nitrogens is 1. The molecule has 1 aromatic heterocycles. The van der Waals surface area contributed by atoms with Crippen LogP contribution in [0.15, 0.2) is 51.7 Å². The molecule has 0 unspecified atom stereocenters. The number of hydrogen-bond donors (Lipinski definition) is 1. The largest absolute Gasteiger partial charge is 0.349 e. The Morgan fingerprint density at radius 3 is 2.50 bits per heavy atom. The van der Waals surface area contributed by atoms with Gasteiger partial charge in [-0.3, -0.25) is 9.59 Å². The molecule has 1 amide bonds. The van der Waals surface area contributed by atoms with Crippen molar-refractivity contribution in [3.05, 3.63) is 62.9 Å². The Hall–Kier alpha value is -2.25. The Kier molecular flexibility index (Phi) is 5.68. The molecule has 3 aromatic rings. The van der Waals surface area contributed by atoms with Crippen LogP contribution in [0.5, 0.6) is 0 Å². The van der Waals surface area contributed by atoms with Crippen molar-refractivity contribution in [1.29, 1.82) is 0 Å². The van der Waals surface area contributed by atoms with Crippen LogP contribution in [0.4, 0.5) is 10.8 Å². The third-order valence-corrected chi connectivity index (χ3v) is 5.64. The summed E-state index contributed by atoms with van der Waals surface area (Å²) in [5, 5.41) is 4.06. The monoisotopic (exact) mass is 431 g/mol. The first-order chi connectivity index (χ1) is 12.5.